The second-order valence-corrected chi connectivity index (χ2v) is 7.16. The number of carbonyl (C=O) groups is 1. The van der Waals surface area contributed by atoms with Gasteiger partial charge in [0.25, 0.3) is 5.56 Å². The van der Waals surface area contributed by atoms with Crippen molar-refractivity contribution in [1.29, 1.82) is 0 Å². The van der Waals surface area contributed by atoms with Gasteiger partial charge < -0.3 is 9.72 Å². The fraction of sp³-hybridized carbons (Fsp3) is 0.143. The lowest BCUT2D eigenvalue weighted by Gasteiger charge is -2.00. The number of aromatic amines is 1. The van der Waals surface area contributed by atoms with Crippen LogP contribution < -0.4 is 5.56 Å². The molecule has 0 unspecified atom stereocenters. The first kappa shape index (κ1) is 18.1. The van der Waals surface area contributed by atoms with E-state index in [0.717, 1.165) is 16.5 Å². The highest BCUT2D eigenvalue weighted by Gasteiger charge is 2.19. The zero-order valence-electron chi connectivity index (χ0n) is 15.4. The fourth-order valence-corrected chi connectivity index (χ4v) is 4.14. The Labute approximate surface area is 164 Å². The molecular weight excluding hydrogens is 374 g/mol. The molecule has 3 heterocycles. The number of H-pyrrole nitrogens is 1. The smallest absolute Gasteiger partial charge is 0.348 e. The molecule has 0 spiro atoms. The Kier molecular flexibility index (Phi) is 4.75. The van der Waals surface area contributed by atoms with Crippen molar-refractivity contribution < 1.29 is 9.53 Å². The summed E-state index contributed by atoms with van der Waals surface area (Å²) in [5.41, 5.74) is 2.13. The normalized spacial score (nSPS) is 11.5. The number of nitrogens with one attached hydrogen (secondary N) is 1. The zero-order chi connectivity index (χ0) is 19.7. The molecule has 0 bridgehead atoms. The number of esters is 1. The van der Waals surface area contributed by atoms with Crippen LogP contribution in [0.1, 0.15) is 33.5 Å². The molecule has 6 nitrogen and oxygen atoms in total. The topological polar surface area (TPSA) is 84.9 Å². The van der Waals surface area contributed by atoms with Crippen LogP contribution in [0.15, 0.2) is 41.3 Å². The molecular formula is C21H17N3O3S. The predicted molar refractivity (Wildman–Crippen MR) is 112 cm³/mol. The van der Waals surface area contributed by atoms with Gasteiger partial charge in [-0.3, -0.25) is 9.78 Å². The van der Waals surface area contributed by atoms with Gasteiger partial charge in [0.15, 0.2) is 0 Å². The van der Waals surface area contributed by atoms with E-state index < -0.39 is 5.97 Å². The van der Waals surface area contributed by atoms with Crippen LogP contribution in [0.25, 0.3) is 33.3 Å². The number of fused-ring (bicyclic) bond motifs is 2. The van der Waals surface area contributed by atoms with Crippen molar-refractivity contribution in [3.8, 4) is 0 Å². The average molecular weight is 391 g/mol. The molecule has 140 valence electrons. The number of para-hydroxylation sites is 1. The summed E-state index contributed by atoms with van der Waals surface area (Å²) in [6.07, 6.45) is 5.35. The number of benzene rings is 1. The van der Waals surface area contributed by atoms with Gasteiger partial charge in [-0.05, 0) is 37.6 Å². The number of hydrogen-bond acceptors (Lipinski definition) is 6. The van der Waals surface area contributed by atoms with Gasteiger partial charge in [0.05, 0.1) is 17.5 Å². The quantitative estimate of drug-likeness (QED) is 0.527. The first-order chi connectivity index (χ1) is 13.6. The van der Waals surface area contributed by atoms with E-state index in [-0.39, 0.29) is 12.2 Å². The number of carbonyl (C=O) groups excluding carboxylic acids is 1. The van der Waals surface area contributed by atoms with Crippen LogP contribution in [0, 0.1) is 6.92 Å². The van der Waals surface area contributed by atoms with Gasteiger partial charge in [-0.2, -0.15) is 0 Å². The van der Waals surface area contributed by atoms with Crippen LogP contribution >= 0.6 is 11.3 Å². The van der Waals surface area contributed by atoms with Crippen molar-refractivity contribution in [3.05, 3.63) is 68.7 Å². The van der Waals surface area contributed by atoms with Gasteiger partial charge in [-0.15, -0.1) is 11.3 Å². The Bertz CT molecular complexity index is 1280. The summed E-state index contributed by atoms with van der Waals surface area (Å²) >= 11 is 1.17. The molecule has 3 aromatic heterocycles. The Balaban J connectivity index is 1.76. The summed E-state index contributed by atoms with van der Waals surface area (Å²) in [6.45, 7) is 3.76. The van der Waals surface area contributed by atoms with Crippen LogP contribution in [0.5, 0.6) is 0 Å². The summed E-state index contributed by atoms with van der Waals surface area (Å²) in [5.74, 6) is -0.0107. The molecule has 0 saturated heterocycles. The van der Waals surface area contributed by atoms with Gasteiger partial charge in [-0.1, -0.05) is 24.3 Å². The minimum Gasteiger partial charge on any atom is -0.462 e. The molecule has 0 fully saturated rings. The highest BCUT2D eigenvalue weighted by atomic mass is 32.1. The number of pyridine rings is 1. The molecule has 7 heteroatoms. The van der Waals surface area contributed by atoms with Crippen molar-refractivity contribution in [2.45, 2.75) is 13.8 Å². The maximum Gasteiger partial charge on any atom is 0.348 e. The summed E-state index contributed by atoms with van der Waals surface area (Å²) in [6, 6.07) is 9.80. The molecule has 0 atom stereocenters. The van der Waals surface area contributed by atoms with Gasteiger partial charge >= 0.3 is 5.97 Å². The zero-order valence-corrected chi connectivity index (χ0v) is 16.2. The summed E-state index contributed by atoms with van der Waals surface area (Å²) in [4.78, 5) is 37.3. The molecule has 4 aromatic rings. The second-order valence-electron chi connectivity index (χ2n) is 6.16. The van der Waals surface area contributed by atoms with Crippen LogP contribution in [-0.4, -0.2) is 27.5 Å². The third kappa shape index (κ3) is 3.20. The molecule has 1 N–H and O–H groups in total. The van der Waals surface area contributed by atoms with Gasteiger partial charge in [-0.25, -0.2) is 9.78 Å². The summed E-state index contributed by atoms with van der Waals surface area (Å²) in [5, 5.41) is 1.46. The van der Waals surface area contributed by atoms with Crippen LogP contribution in [0.2, 0.25) is 0 Å². The number of aromatic nitrogens is 3. The van der Waals surface area contributed by atoms with E-state index >= 15 is 0 Å². The molecule has 28 heavy (non-hydrogen) atoms. The Morgan fingerprint density at radius 3 is 2.89 bits per heavy atom. The highest BCUT2D eigenvalue weighted by molar-refractivity contribution is 7.20. The number of nitrogens with zero attached hydrogens (tertiary/aromatic N) is 2. The van der Waals surface area contributed by atoms with E-state index in [1.807, 2.05) is 36.4 Å². The standard InChI is InChI=1S/C21H17N3O3S/c1-3-27-21(26)18-12(2)16-19(25)23-15(24-20(16)28-18)10-9-14-7-4-6-13-8-5-11-22-17(13)14/h4-11H,3H2,1-2H3,(H,23,24,25)/b10-9+. The van der Waals surface area contributed by atoms with E-state index in [9.17, 15) is 9.59 Å². The minimum atomic E-state index is -0.429. The maximum absolute atomic E-state index is 12.6. The average Bonchev–Trinajstić information content (AvgIpc) is 3.03. The van der Waals surface area contributed by atoms with Crippen LogP contribution in [0.4, 0.5) is 0 Å². The van der Waals surface area contributed by atoms with E-state index in [0.29, 0.717) is 26.5 Å². The lowest BCUT2D eigenvalue weighted by Crippen LogP contribution is -2.10. The summed E-state index contributed by atoms with van der Waals surface area (Å²) < 4.78 is 5.07. The monoisotopic (exact) mass is 391 g/mol. The largest absolute Gasteiger partial charge is 0.462 e. The molecule has 0 aliphatic rings. The van der Waals surface area contributed by atoms with Crippen molar-refractivity contribution in [2.24, 2.45) is 0 Å². The second kappa shape index (κ2) is 7.36. The molecule has 4 rings (SSSR count). The fourth-order valence-electron chi connectivity index (χ4n) is 3.06. The molecule has 0 aliphatic carbocycles. The number of thiophene rings is 1. The number of aryl methyl sites for hydroxylation is 1. The van der Waals surface area contributed by atoms with Crippen molar-refractivity contribution in [2.75, 3.05) is 6.61 Å². The molecule has 0 aliphatic heterocycles. The van der Waals surface area contributed by atoms with Crippen molar-refractivity contribution in [3.63, 3.8) is 0 Å². The van der Waals surface area contributed by atoms with Gasteiger partial charge in [0.2, 0.25) is 0 Å². The Morgan fingerprint density at radius 1 is 1.25 bits per heavy atom. The number of hydrogen-bond donors (Lipinski definition) is 1. The lowest BCUT2D eigenvalue weighted by atomic mass is 10.1. The van der Waals surface area contributed by atoms with Crippen LogP contribution in [-0.2, 0) is 4.74 Å². The van der Waals surface area contributed by atoms with Gasteiger partial charge in [0, 0.05) is 17.1 Å². The SMILES string of the molecule is CCOC(=O)c1sc2nc(/C=C/c3cccc4cccnc34)[nH]c(=O)c2c1C. The summed E-state index contributed by atoms with van der Waals surface area (Å²) in [7, 11) is 0. The predicted octanol–water partition coefficient (Wildman–Crippen LogP) is 4.19. The molecule has 0 radical (unpaired) electrons. The first-order valence-corrected chi connectivity index (χ1v) is 9.62. The van der Waals surface area contributed by atoms with Crippen molar-refractivity contribution in [1.82, 2.24) is 15.0 Å². The Hall–Kier alpha value is -3.32. The molecule has 0 amide bonds. The number of rotatable bonds is 4. The number of ether oxygens (including phenoxy) is 1. The molecule has 0 saturated carbocycles. The Morgan fingerprint density at radius 2 is 2.07 bits per heavy atom. The first-order valence-electron chi connectivity index (χ1n) is 8.81. The van der Waals surface area contributed by atoms with Crippen molar-refractivity contribution >= 4 is 50.6 Å². The van der Waals surface area contributed by atoms with E-state index in [2.05, 4.69) is 15.0 Å². The van der Waals surface area contributed by atoms with Crippen LogP contribution in [0.3, 0.4) is 0 Å². The minimum absolute atomic E-state index is 0.273. The highest BCUT2D eigenvalue weighted by Crippen LogP contribution is 2.28. The van der Waals surface area contributed by atoms with Gasteiger partial charge in [0.1, 0.15) is 15.5 Å². The third-order valence-corrected chi connectivity index (χ3v) is 5.53. The van der Waals surface area contributed by atoms with E-state index in [1.165, 1.54) is 11.3 Å². The molecule has 1 aromatic carbocycles. The third-order valence-electron chi connectivity index (χ3n) is 4.36. The lowest BCUT2D eigenvalue weighted by molar-refractivity contribution is 0.0531. The van der Waals surface area contributed by atoms with E-state index in [1.54, 1.807) is 26.1 Å². The maximum atomic E-state index is 12.6. The van der Waals surface area contributed by atoms with E-state index in [4.69, 9.17) is 4.74 Å².